The average molecular weight is 270 g/mol. The average Bonchev–Trinajstić information content (AvgIpc) is 2.47. The molecule has 2 aromatic rings. The van der Waals surface area contributed by atoms with E-state index in [9.17, 15) is 10.2 Å². The molecule has 0 unspecified atom stereocenters. The van der Waals surface area contributed by atoms with E-state index in [4.69, 9.17) is 0 Å². The van der Waals surface area contributed by atoms with Crippen LogP contribution >= 0.6 is 0 Å². The second kappa shape index (κ2) is 6.00. The Morgan fingerprint density at radius 1 is 0.700 bits per heavy atom. The standard InChI is InChI=1S/C18H22O2/c1-4-12-8-7-9-13(5-2)16(12)17-15(19)11-10-14(6-3)18(17)20/h7-11,19-20H,4-6H2,1-3H3. The minimum Gasteiger partial charge on any atom is -0.507 e. The Morgan fingerprint density at radius 3 is 1.75 bits per heavy atom. The quantitative estimate of drug-likeness (QED) is 0.861. The Kier molecular flexibility index (Phi) is 4.33. The van der Waals surface area contributed by atoms with E-state index in [1.165, 1.54) is 0 Å². The van der Waals surface area contributed by atoms with E-state index in [1.807, 2.05) is 13.0 Å². The SMILES string of the molecule is CCc1ccc(O)c(-c2c(CC)cccc2CC)c1O. The summed E-state index contributed by atoms with van der Waals surface area (Å²) in [5, 5.41) is 20.7. The number of aryl methyl sites for hydroxylation is 3. The van der Waals surface area contributed by atoms with Gasteiger partial charge in [-0.15, -0.1) is 0 Å². The first-order valence-corrected chi connectivity index (χ1v) is 7.28. The highest BCUT2D eigenvalue weighted by Gasteiger charge is 2.18. The zero-order valence-electron chi connectivity index (χ0n) is 12.4. The topological polar surface area (TPSA) is 40.5 Å². The predicted molar refractivity (Wildman–Crippen MR) is 83.3 cm³/mol. The third-order valence-corrected chi connectivity index (χ3v) is 3.87. The van der Waals surface area contributed by atoms with Gasteiger partial charge in [0.25, 0.3) is 0 Å². The lowest BCUT2D eigenvalue weighted by Gasteiger charge is -2.17. The second-order valence-corrected chi connectivity index (χ2v) is 4.98. The van der Waals surface area contributed by atoms with Crippen molar-refractivity contribution in [2.24, 2.45) is 0 Å². The molecule has 2 aromatic carbocycles. The molecule has 2 N–H and O–H groups in total. The molecular formula is C18H22O2. The van der Waals surface area contributed by atoms with Crippen molar-refractivity contribution >= 4 is 0 Å². The highest BCUT2D eigenvalue weighted by Crippen LogP contribution is 2.43. The Bertz CT molecular complexity index is 593. The van der Waals surface area contributed by atoms with Gasteiger partial charge in [0, 0.05) is 0 Å². The first kappa shape index (κ1) is 14.4. The van der Waals surface area contributed by atoms with Gasteiger partial charge in [-0.2, -0.15) is 0 Å². The summed E-state index contributed by atoms with van der Waals surface area (Å²) in [5.74, 6) is 0.360. The Morgan fingerprint density at radius 2 is 1.25 bits per heavy atom. The number of phenols is 2. The molecule has 106 valence electrons. The maximum Gasteiger partial charge on any atom is 0.130 e. The third-order valence-electron chi connectivity index (χ3n) is 3.87. The fourth-order valence-electron chi connectivity index (χ4n) is 2.72. The van der Waals surface area contributed by atoms with Crippen LogP contribution in [0.1, 0.15) is 37.5 Å². The Labute approximate surface area is 120 Å². The van der Waals surface area contributed by atoms with Crippen LogP contribution in [0.4, 0.5) is 0 Å². The summed E-state index contributed by atoms with van der Waals surface area (Å²) < 4.78 is 0. The van der Waals surface area contributed by atoms with E-state index in [1.54, 1.807) is 12.1 Å². The number of benzene rings is 2. The van der Waals surface area contributed by atoms with E-state index in [0.29, 0.717) is 5.56 Å². The summed E-state index contributed by atoms with van der Waals surface area (Å²) in [6.45, 7) is 6.19. The molecule has 0 saturated carbocycles. The third kappa shape index (κ3) is 2.38. The Balaban J connectivity index is 2.80. The van der Waals surface area contributed by atoms with Crippen LogP contribution < -0.4 is 0 Å². The van der Waals surface area contributed by atoms with Crippen LogP contribution in [0.25, 0.3) is 11.1 Å². The second-order valence-electron chi connectivity index (χ2n) is 4.98. The number of rotatable bonds is 4. The zero-order valence-corrected chi connectivity index (χ0v) is 12.4. The lowest BCUT2D eigenvalue weighted by Crippen LogP contribution is -1.96. The van der Waals surface area contributed by atoms with Crippen LogP contribution in [0.15, 0.2) is 30.3 Å². The molecular weight excluding hydrogens is 248 g/mol. The van der Waals surface area contributed by atoms with E-state index in [0.717, 1.165) is 41.5 Å². The number of aromatic hydroxyl groups is 2. The van der Waals surface area contributed by atoms with Crippen LogP contribution in [-0.2, 0) is 19.3 Å². The van der Waals surface area contributed by atoms with Crippen LogP contribution in [0.2, 0.25) is 0 Å². The van der Waals surface area contributed by atoms with Crippen molar-refractivity contribution in [2.75, 3.05) is 0 Å². The Hall–Kier alpha value is -1.96. The van der Waals surface area contributed by atoms with Crippen LogP contribution in [-0.4, -0.2) is 10.2 Å². The molecule has 2 rings (SSSR count). The molecule has 0 bridgehead atoms. The molecule has 0 aliphatic rings. The van der Waals surface area contributed by atoms with Gasteiger partial charge in [0.05, 0.1) is 5.56 Å². The molecule has 20 heavy (non-hydrogen) atoms. The van der Waals surface area contributed by atoms with Crippen LogP contribution in [0.5, 0.6) is 11.5 Å². The van der Waals surface area contributed by atoms with Gasteiger partial charge >= 0.3 is 0 Å². The van der Waals surface area contributed by atoms with Gasteiger partial charge in [-0.25, -0.2) is 0 Å². The molecule has 0 amide bonds. The highest BCUT2D eigenvalue weighted by molar-refractivity contribution is 5.82. The number of hydrogen-bond donors (Lipinski definition) is 2. The summed E-state index contributed by atoms with van der Waals surface area (Å²) in [7, 11) is 0. The maximum absolute atomic E-state index is 10.5. The maximum atomic E-state index is 10.5. The minimum absolute atomic E-state index is 0.148. The summed E-state index contributed by atoms with van der Waals surface area (Å²) in [6, 6.07) is 9.63. The van der Waals surface area contributed by atoms with Gasteiger partial charge in [-0.3, -0.25) is 0 Å². The van der Waals surface area contributed by atoms with Crippen molar-refractivity contribution < 1.29 is 10.2 Å². The monoisotopic (exact) mass is 270 g/mol. The van der Waals surface area contributed by atoms with Crippen molar-refractivity contribution in [2.45, 2.75) is 40.0 Å². The van der Waals surface area contributed by atoms with Crippen molar-refractivity contribution in [1.29, 1.82) is 0 Å². The molecule has 0 saturated heterocycles. The number of hydrogen-bond acceptors (Lipinski definition) is 2. The van der Waals surface area contributed by atoms with Gasteiger partial charge < -0.3 is 10.2 Å². The van der Waals surface area contributed by atoms with Gasteiger partial charge in [0.15, 0.2) is 0 Å². The molecule has 0 fully saturated rings. The van der Waals surface area contributed by atoms with E-state index in [-0.39, 0.29) is 11.5 Å². The lowest BCUT2D eigenvalue weighted by molar-refractivity contribution is 0.450. The molecule has 2 heteroatoms. The molecule has 0 spiro atoms. The molecule has 0 aromatic heterocycles. The van der Waals surface area contributed by atoms with Crippen molar-refractivity contribution in [3.8, 4) is 22.6 Å². The van der Waals surface area contributed by atoms with Gasteiger partial charge in [0.1, 0.15) is 11.5 Å². The van der Waals surface area contributed by atoms with Crippen molar-refractivity contribution in [1.82, 2.24) is 0 Å². The highest BCUT2D eigenvalue weighted by atomic mass is 16.3. The predicted octanol–water partition coefficient (Wildman–Crippen LogP) is 4.45. The summed E-state index contributed by atoms with van der Waals surface area (Å²) in [4.78, 5) is 0. The van der Waals surface area contributed by atoms with Gasteiger partial charge in [-0.1, -0.05) is 45.0 Å². The zero-order chi connectivity index (χ0) is 14.7. The fraction of sp³-hybridized carbons (Fsp3) is 0.333. The molecule has 0 radical (unpaired) electrons. The molecule has 0 heterocycles. The normalized spacial score (nSPS) is 10.8. The fourth-order valence-corrected chi connectivity index (χ4v) is 2.72. The van der Waals surface area contributed by atoms with E-state index in [2.05, 4.69) is 26.0 Å². The van der Waals surface area contributed by atoms with Crippen LogP contribution in [0.3, 0.4) is 0 Å². The molecule has 2 nitrogen and oxygen atoms in total. The van der Waals surface area contributed by atoms with Crippen molar-refractivity contribution in [3.63, 3.8) is 0 Å². The van der Waals surface area contributed by atoms with E-state index < -0.39 is 0 Å². The van der Waals surface area contributed by atoms with Gasteiger partial charge in [0.2, 0.25) is 0 Å². The molecule has 0 aliphatic carbocycles. The summed E-state index contributed by atoms with van der Waals surface area (Å²) >= 11 is 0. The van der Waals surface area contributed by atoms with Gasteiger partial charge in [-0.05, 0) is 47.6 Å². The van der Waals surface area contributed by atoms with Crippen LogP contribution in [0, 0.1) is 0 Å². The molecule has 0 aliphatic heterocycles. The van der Waals surface area contributed by atoms with Crippen molar-refractivity contribution in [3.05, 3.63) is 47.0 Å². The largest absolute Gasteiger partial charge is 0.507 e. The first-order valence-electron chi connectivity index (χ1n) is 7.28. The minimum atomic E-state index is 0.148. The first-order chi connectivity index (χ1) is 9.63. The smallest absolute Gasteiger partial charge is 0.130 e. The van der Waals surface area contributed by atoms with E-state index >= 15 is 0 Å². The number of phenolic OH excluding ortho intramolecular Hbond substituents is 2. The molecule has 0 atom stereocenters. The summed E-state index contributed by atoms with van der Waals surface area (Å²) in [6.07, 6.45) is 2.49. The summed E-state index contributed by atoms with van der Waals surface area (Å²) in [5.41, 5.74) is 4.75. The lowest BCUT2D eigenvalue weighted by atomic mass is 9.89.